The van der Waals surface area contributed by atoms with E-state index in [9.17, 15) is 0 Å². The summed E-state index contributed by atoms with van der Waals surface area (Å²) in [6.45, 7) is 12.7. The van der Waals surface area contributed by atoms with Crippen LogP contribution in [-0.2, 0) is 6.54 Å². The second-order valence-corrected chi connectivity index (χ2v) is 6.30. The van der Waals surface area contributed by atoms with Gasteiger partial charge >= 0.3 is 0 Å². The van der Waals surface area contributed by atoms with Gasteiger partial charge in [-0.1, -0.05) is 41.0 Å². The molecule has 2 nitrogen and oxygen atoms in total. The molecule has 1 aromatic heterocycles. The Labute approximate surface area is 113 Å². The van der Waals surface area contributed by atoms with Crippen molar-refractivity contribution in [2.45, 2.75) is 60.4 Å². The summed E-state index contributed by atoms with van der Waals surface area (Å²) >= 11 is 0. The number of hydrogen-bond donors (Lipinski definition) is 0. The van der Waals surface area contributed by atoms with E-state index in [1.165, 1.54) is 19.3 Å². The zero-order valence-electron chi connectivity index (χ0n) is 12.7. The second kappa shape index (κ2) is 7.60. The fourth-order valence-corrected chi connectivity index (χ4v) is 2.43. The molecule has 0 saturated heterocycles. The highest BCUT2D eigenvalue weighted by Crippen LogP contribution is 2.25. The first-order valence-electron chi connectivity index (χ1n) is 7.23. The number of nitrogens with zero attached hydrogens (tertiary/aromatic N) is 2. The molecule has 2 heteroatoms. The van der Waals surface area contributed by atoms with Crippen LogP contribution in [0.3, 0.4) is 0 Å². The van der Waals surface area contributed by atoms with Gasteiger partial charge in [-0.2, -0.15) is 0 Å². The molecule has 1 rings (SSSR count). The molecule has 1 radical (unpaired) electrons. The Balaban J connectivity index is 2.28. The summed E-state index contributed by atoms with van der Waals surface area (Å²) in [6.07, 6.45) is 9.79. The lowest BCUT2D eigenvalue weighted by Gasteiger charge is -2.24. The van der Waals surface area contributed by atoms with E-state index in [4.69, 9.17) is 0 Å². The molecule has 0 aliphatic heterocycles. The number of hydrogen-bond acceptors (Lipinski definition) is 1. The molecule has 3 atom stereocenters. The molecule has 1 heterocycles. The molecule has 0 bridgehead atoms. The molecule has 0 amide bonds. The SMILES string of the molecule is C[C](C)CCC(C)CC(C)C(C)Cn1ccnc1. The maximum atomic E-state index is 4.10. The maximum absolute atomic E-state index is 4.10. The van der Waals surface area contributed by atoms with Gasteiger partial charge in [0, 0.05) is 18.9 Å². The average molecular weight is 249 g/mol. The van der Waals surface area contributed by atoms with Crippen molar-refractivity contribution >= 4 is 0 Å². The van der Waals surface area contributed by atoms with Gasteiger partial charge in [-0.25, -0.2) is 4.98 Å². The van der Waals surface area contributed by atoms with E-state index in [1.807, 2.05) is 12.5 Å². The third-order valence-electron chi connectivity index (χ3n) is 3.94. The molecule has 0 spiro atoms. The molecule has 103 valence electrons. The molecule has 3 unspecified atom stereocenters. The van der Waals surface area contributed by atoms with E-state index < -0.39 is 0 Å². The Hall–Kier alpha value is -0.790. The quantitative estimate of drug-likeness (QED) is 0.659. The first-order chi connectivity index (χ1) is 8.49. The predicted molar refractivity (Wildman–Crippen MR) is 78.2 cm³/mol. The van der Waals surface area contributed by atoms with Crippen molar-refractivity contribution < 1.29 is 0 Å². The number of aromatic nitrogens is 2. The minimum Gasteiger partial charge on any atom is -0.337 e. The van der Waals surface area contributed by atoms with E-state index in [0.717, 1.165) is 18.4 Å². The molecule has 1 aromatic rings. The van der Waals surface area contributed by atoms with Crippen LogP contribution in [0.4, 0.5) is 0 Å². The summed E-state index contributed by atoms with van der Waals surface area (Å²) in [5, 5.41) is 0. The van der Waals surface area contributed by atoms with E-state index in [0.29, 0.717) is 5.92 Å². The number of rotatable bonds is 8. The molecule has 0 fully saturated rings. The normalized spacial score (nSPS) is 16.8. The minimum atomic E-state index is 0.716. The van der Waals surface area contributed by atoms with Gasteiger partial charge in [-0.3, -0.25) is 0 Å². The minimum absolute atomic E-state index is 0.716. The van der Waals surface area contributed by atoms with Crippen LogP contribution < -0.4 is 0 Å². The largest absolute Gasteiger partial charge is 0.337 e. The van der Waals surface area contributed by atoms with E-state index in [2.05, 4.69) is 50.4 Å². The first-order valence-corrected chi connectivity index (χ1v) is 7.23. The van der Waals surface area contributed by atoms with Crippen molar-refractivity contribution in [2.75, 3.05) is 0 Å². The molecular formula is C16H29N2. The van der Waals surface area contributed by atoms with Gasteiger partial charge < -0.3 is 4.57 Å². The van der Waals surface area contributed by atoms with Gasteiger partial charge in [0.15, 0.2) is 0 Å². The highest BCUT2D eigenvalue weighted by atomic mass is 15.0. The molecule has 0 saturated carbocycles. The average Bonchev–Trinajstić information content (AvgIpc) is 2.79. The van der Waals surface area contributed by atoms with Crippen molar-refractivity contribution in [1.82, 2.24) is 9.55 Å². The molecule has 0 aliphatic carbocycles. The Morgan fingerprint density at radius 3 is 2.44 bits per heavy atom. The van der Waals surface area contributed by atoms with E-state index >= 15 is 0 Å². The van der Waals surface area contributed by atoms with Crippen molar-refractivity contribution in [3.8, 4) is 0 Å². The fraction of sp³-hybridized carbons (Fsp3) is 0.750. The Bertz CT molecular complexity index is 303. The Morgan fingerprint density at radius 1 is 1.17 bits per heavy atom. The first kappa shape index (κ1) is 15.3. The van der Waals surface area contributed by atoms with Crippen LogP contribution in [0.5, 0.6) is 0 Å². The van der Waals surface area contributed by atoms with Crippen LogP contribution in [0.1, 0.15) is 53.9 Å². The van der Waals surface area contributed by atoms with E-state index in [1.54, 1.807) is 5.92 Å². The summed E-state index contributed by atoms with van der Waals surface area (Å²) in [5.41, 5.74) is 0. The predicted octanol–water partition coefficient (Wildman–Crippen LogP) is 4.58. The zero-order chi connectivity index (χ0) is 13.5. The van der Waals surface area contributed by atoms with Gasteiger partial charge in [-0.15, -0.1) is 0 Å². The third kappa shape index (κ3) is 5.70. The molecular weight excluding hydrogens is 220 g/mol. The Morgan fingerprint density at radius 2 is 1.89 bits per heavy atom. The van der Waals surface area contributed by atoms with Crippen LogP contribution in [-0.4, -0.2) is 9.55 Å². The molecule has 0 aromatic carbocycles. The lowest BCUT2D eigenvalue weighted by atomic mass is 9.85. The molecule has 18 heavy (non-hydrogen) atoms. The van der Waals surface area contributed by atoms with Crippen LogP contribution in [0.2, 0.25) is 0 Å². The summed E-state index contributed by atoms with van der Waals surface area (Å²) in [5.74, 6) is 3.88. The van der Waals surface area contributed by atoms with Gasteiger partial charge in [-0.05, 0) is 36.5 Å². The van der Waals surface area contributed by atoms with Crippen molar-refractivity contribution in [3.05, 3.63) is 24.6 Å². The zero-order valence-corrected chi connectivity index (χ0v) is 12.7. The van der Waals surface area contributed by atoms with Crippen LogP contribution >= 0.6 is 0 Å². The van der Waals surface area contributed by atoms with Crippen molar-refractivity contribution in [3.63, 3.8) is 0 Å². The third-order valence-corrected chi connectivity index (χ3v) is 3.94. The summed E-state index contributed by atoms with van der Waals surface area (Å²) in [7, 11) is 0. The number of imidazole rings is 1. The van der Waals surface area contributed by atoms with E-state index in [-0.39, 0.29) is 0 Å². The topological polar surface area (TPSA) is 17.8 Å². The maximum Gasteiger partial charge on any atom is 0.0945 e. The fourth-order valence-electron chi connectivity index (χ4n) is 2.43. The van der Waals surface area contributed by atoms with Gasteiger partial charge in [0.25, 0.3) is 0 Å². The summed E-state index contributed by atoms with van der Waals surface area (Å²) < 4.78 is 2.19. The van der Waals surface area contributed by atoms with Gasteiger partial charge in [0.1, 0.15) is 0 Å². The standard InChI is InChI=1S/C16H29N2/c1-13(2)6-7-14(3)10-15(4)16(5)11-18-9-8-17-12-18/h8-9,12,14-16H,6-7,10-11H2,1-5H3. The molecule has 0 aliphatic rings. The van der Waals surface area contributed by atoms with Crippen LogP contribution in [0, 0.1) is 23.7 Å². The van der Waals surface area contributed by atoms with Gasteiger partial charge in [0.2, 0.25) is 0 Å². The summed E-state index contributed by atoms with van der Waals surface area (Å²) in [4.78, 5) is 4.10. The van der Waals surface area contributed by atoms with Crippen molar-refractivity contribution in [1.29, 1.82) is 0 Å². The highest BCUT2D eigenvalue weighted by Gasteiger charge is 2.16. The lowest BCUT2D eigenvalue weighted by molar-refractivity contribution is 0.277. The molecule has 0 N–H and O–H groups in total. The second-order valence-electron chi connectivity index (χ2n) is 6.30. The van der Waals surface area contributed by atoms with Gasteiger partial charge in [0.05, 0.1) is 6.33 Å². The lowest BCUT2D eigenvalue weighted by Crippen LogP contribution is -2.17. The van der Waals surface area contributed by atoms with Crippen molar-refractivity contribution in [2.24, 2.45) is 17.8 Å². The van der Waals surface area contributed by atoms with Crippen LogP contribution in [0.15, 0.2) is 18.7 Å². The monoisotopic (exact) mass is 249 g/mol. The Kier molecular flexibility index (Phi) is 6.45. The highest BCUT2D eigenvalue weighted by molar-refractivity contribution is 4.79. The smallest absolute Gasteiger partial charge is 0.0945 e. The summed E-state index contributed by atoms with van der Waals surface area (Å²) in [6, 6.07) is 0. The van der Waals surface area contributed by atoms with Crippen LogP contribution in [0.25, 0.3) is 0 Å².